The Morgan fingerprint density at radius 3 is 2.85 bits per heavy atom. The number of β-amino-alcohol motifs (C(OH)–C–C–N with tert-alkyl or cyclic N) is 1. The van der Waals surface area contributed by atoms with Crippen molar-refractivity contribution >= 4 is 11.7 Å². The van der Waals surface area contributed by atoms with Gasteiger partial charge in [0.2, 0.25) is 0 Å². The van der Waals surface area contributed by atoms with Crippen LogP contribution in [-0.2, 0) is 13.0 Å². The zero-order valence-corrected chi connectivity index (χ0v) is 18.5. The zero-order valence-electron chi connectivity index (χ0n) is 18.5. The number of nitrogen functional groups attached to an aromatic ring is 1. The Hall–Kier alpha value is -3.50. The van der Waals surface area contributed by atoms with Crippen molar-refractivity contribution in [3.8, 4) is 28.1 Å². The van der Waals surface area contributed by atoms with Crippen LogP contribution in [0.5, 0.6) is 5.75 Å². The molecular weight excluding hydrogens is 422 g/mol. The fraction of sp³-hybridized carbons (Fsp3) is 0.391. The lowest BCUT2D eigenvalue weighted by Crippen LogP contribution is -2.43. The fourth-order valence-electron chi connectivity index (χ4n) is 4.54. The summed E-state index contributed by atoms with van der Waals surface area (Å²) in [6.45, 7) is 6.15. The van der Waals surface area contributed by atoms with Gasteiger partial charge >= 0.3 is 0 Å². The molecule has 1 fully saturated rings. The van der Waals surface area contributed by atoms with Crippen LogP contribution in [0, 0.1) is 5.41 Å². The summed E-state index contributed by atoms with van der Waals surface area (Å²) in [5, 5.41) is 30.8. The molecule has 1 aromatic carbocycles. The van der Waals surface area contributed by atoms with Crippen molar-refractivity contribution in [1.82, 2.24) is 30.4 Å². The van der Waals surface area contributed by atoms with Gasteiger partial charge in [-0.15, -0.1) is 0 Å². The summed E-state index contributed by atoms with van der Waals surface area (Å²) in [6.07, 6.45) is 3.50. The Morgan fingerprint density at radius 2 is 2.09 bits per heavy atom. The number of hydrogen-bond donors (Lipinski definition) is 5. The van der Waals surface area contributed by atoms with Gasteiger partial charge in [0.1, 0.15) is 5.75 Å². The first-order chi connectivity index (χ1) is 15.7. The van der Waals surface area contributed by atoms with Crippen LogP contribution in [0.25, 0.3) is 22.4 Å². The highest BCUT2D eigenvalue weighted by molar-refractivity contribution is 5.97. The Morgan fingerprint density at radius 1 is 1.27 bits per heavy atom. The molecule has 10 heteroatoms. The third-order valence-electron chi connectivity index (χ3n) is 6.27. The fourth-order valence-corrected chi connectivity index (χ4v) is 4.54. The number of aliphatic hydroxyl groups is 1. The van der Waals surface area contributed by atoms with Gasteiger partial charge in [0.15, 0.2) is 11.5 Å². The average molecular weight is 450 g/mol. The molecule has 3 aromatic rings. The molecule has 172 valence electrons. The average Bonchev–Trinajstić information content (AvgIpc) is 3.42. The van der Waals surface area contributed by atoms with Crippen LogP contribution >= 0.6 is 0 Å². The smallest absolute Gasteiger partial charge is 0.274 e. The molecule has 0 saturated carbocycles. The second-order valence-corrected chi connectivity index (χ2v) is 9.53. The van der Waals surface area contributed by atoms with Gasteiger partial charge in [0, 0.05) is 36.5 Å². The normalized spacial score (nSPS) is 21.2. The van der Waals surface area contributed by atoms with E-state index in [9.17, 15) is 15.0 Å². The number of phenols is 1. The lowest BCUT2D eigenvalue weighted by atomic mass is 9.89. The molecule has 1 amide bonds. The molecule has 2 aliphatic heterocycles. The van der Waals surface area contributed by atoms with Gasteiger partial charge in [-0.3, -0.25) is 9.48 Å². The summed E-state index contributed by atoms with van der Waals surface area (Å²) in [5.41, 5.74) is 9.83. The number of nitrogens with zero attached hydrogens (tertiary/aromatic N) is 4. The highest BCUT2D eigenvalue weighted by Gasteiger charge is 2.32. The minimum atomic E-state index is -0.685. The molecule has 5 rings (SSSR count). The van der Waals surface area contributed by atoms with Crippen LogP contribution in [0.15, 0.2) is 30.6 Å². The summed E-state index contributed by atoms with van der Waals surface area (Å²) in [5.74, 6) is -0.533. The number of nitrogens with two attached hydrogens (primary N) is 1. The number of aromatic hydroxyl groups is 1. The number of amides is 1. The third kappa shape index (κ3) is 3.91. The molecule has 0 aliphatic carbocycles. The number of carbonyl (C=O) groups is 1. The lowest BCUT2D eigenvalue weighted by molar-refractivity contribution is 0.0884. The van der Waals surface area contributed by atoms with Crippen LogP contribution in [0.3, 0.4) is 0 Å². The molecule has 10 nitrogen and oxygen atoms in total. The van der Waals surface area contributed by atoms with Crippen molar-refractivity contribution in [3.63, 3.8) is 0 Å². The van der Waals surface area contributed by atoms with Crippen LogP contribution < -0.4 is 16.4 Å². The quantitative estimate of drug-likeness (QED) is 0.395. The number of fused-ring (bicyclic) bond motifs is 1. The Labute approximate surface area is 190 Å². The lowest BCUT2D eigenvalue weighted by Gasteiger charge is -2.16. The van der Waals surface area contributed by atoms with Gasteiger partial charge in [-0.25, -0.2) is 9.97 Å². The first-order valence-corrected chi connectivity index (χ1v) is 10.9. The van der Waals surface area contributed by atoms with E-state index in [1.54, 1.807) is 6.07 Å². The summed E-state index contributed by atoms with van der Waals surface area (Å²) in [4.78, 5) is 21.3. The molecule has 2 aromatic heterocycles. The number of aliphatic hydroxyl groups excluding tert-OH is 1. The molecule has 2 aliphatic rings. The predicted octanol–water partition coefficient (Wildman–Crippen LogP) is 0.940. The highest BCUT2D eigenvalue weighted by atomic mass is 16.3. The second kappa shape index (κ2) is 7.82. The summed E-state index contributed by atoms with van der Waals surface area (Å²) < 4.78 is 2.03. The largest absolute Gasteiger partial charge is 0.507 e. The van der Waals surface area contributed by atoms with E-state index in [2.05, 4.69) is 39.5 Å². The van der Waals surface area contributed by atoms with Crippen molar-refractivity contribution in [2.75, 3.05) is 18.8 Å². The van der Waals surface area contributed by atoms with Crippen molar-refractivity contribution in [3.05, 3.63) is 42.0 Å². The maximum absolute atomic E-state index is 12.8. The van der Waals surface area contributed by atoms with Gasteiger partial charge in [-0.2, -0.15) is 5.10 Å². The van der Waals surface area contributed by atoms with E-state index in [0.717, 1.165) is 29.8 Å². The molecule has 4 heterocycles. The number of benzene rings is 1. The summed E-state index contributed by atoms with van der Waals surface area (Å²) in [6, 6.07) is 4.83. The molecule has 1 saturated heterocycles. The second-order valence-electron chi connectivity index (χ2n) is 9.53. The van der Waals surface area contributed by atoms with Crippen molar-refractivity contribution in [2.45, 2.75) is 39.0 Å². The third-order valence-corrected chi connectivity index (χ3v) is 6.27. The van der Waals surface area contributed by atoms with E-state index in [1.165, 1.54) is 6.20 Å². The van der Waals surface area contributed by atoms with Gasteiger partial charge in [0.25, 0.3) is 5.91 Å². The van der Waals surface area contributed by atoms with E-state index in [0.29, 0.717) is 24.3 Å². The maximum Gasteiger partial charge on any atom is 0.274 e. The van der Waals surface area contributed by atoms with E-state index < -0.39 is 18.1 Å². The molecule has 2 atom stereocenters. The number of hydrogen-bond acceptors (Lipinski definition) is 8. The minimum absolute atomic E-state index is 0.0174. The molecule has 0 radical (unpaired) electrons. The first-order valence-electron chi connectivity index (χ1n) is 10.9. The molecule has 0 unspecified atom stereocenters. The first kappa shape index (κ1) is 21.4. The van der Waals surface area contributed by atoms with Gasteiger partial charge in [-0.05, 0) is 29.5 Å². The topological polar surface area (TPSA) is 151 Å². The Bertz CT molecular complexity index is 1240. The summed E-state index contributed by atoms with van der Waals surface area (Å²) in [7, 11) is 0. The van der Waals surface area contributed by atoms with Crippen LogP contribution in [-0.4, -0.2) is 61.1 Å². The zero-order chi connectivity index (χ0) is 23.3. The number of aromatic nitrogens is 4. The summed E-state index contributed by atoms with van der Waals surface area (Å²) >= 11 is 0. The molecule has 33 heavy (non-hydrogen) atoms. The Kier molecular flexibility index (Phi) is 5.06. The van der Waals surface area contributed by atoms with Crippen molar-refractivity contribution < 1.29 is 15.0 Å². The molecule has 0 spiro atoms. The van der Waals surface area contributed by atoms with Crippen LogP contribution in [0.1, 0.15) is 30.0 Å². The van der Waals surface area contributed by atoms with Gasteiger partial charge in [0.05, 0.1) is 30.2 Å². The highest BCUT2D eigenvalue weighted by Crippen LogP contribution is 2.39. The molecular formula is C23H27N7O3. The maximum atomic E-state index is 12.8. The van der Waals surface area contributed by atoms with E-state index in [-0.39, 0.29) is 22.7 Å². The van der Waals surface area contributed by atoms with Gasteiger partial charge < -0.3 is 26.6 Å². The number of anilines is 1. The van der Waals surface area contributed by atoms with Crippen molar-refractivity contribution in [1.29, 1.82) is 0 Å². The van der Waals surface area contributed by atoms with Gasteiger partial charge in [-0.1, -0.05) is 19.9 Å². The van der Waals surface area contributed by atoms with Crippen LogP contribution in [0.2, 0.25) is 0 Å². The number of carbonyl (C=O) groups excluding carboxylic acids is 1. The number of nitrogens with one attached hydrogen (secondary N) is 2. The molecule has 0 bridgehead atoms. The SMILES string of the molecule is CC1(C)Cc2c(-c3ccc(O)c(-c4cnc(N)c(C(=O)N[C@@H]5CNC[C@H]5O)n4)c3)cnn2C1. The van der Waals surface area contributed by atoms with E-state index in [4.69, 9.17) is 5.73 Å². The standard InChI is InChI=1S/C23H27N7O3/c1-23(2)6-17-14(7-27-30(17)11-23)12-3-4-18(31)13(5-12)15-9-26-21(24)20(28-15)22(33)29-16-8-25-10-19(16)32/h3-5,7,9,16,19,25,31-32H,6,8,10-11H2,1-2H3,(H2,24,26)(H,29,33)/t16-,19-/m1/s1. The number of phenolic OH excluding ortho intramolecular Hbond substituents is 1. The van der Waals surface area contributed by atoms with E-state index >= 15 is 0 Å². The minimum Gasteiger partial charge on any atom is -0.507 e. The van der Waals surface area contributed by atoms with E-state index in [1.807, 2.05) is 23.0 Å². The molecule has 6 N–H and O–H groups in total. The number of rotatable bonds is 4. The van der Waals surface area contributed by atoms with Crippen molar-refractivity contribution in [2.24, 2.45) is 5.41 Å². The van der Waals surface area contributed by atoms with Crippen LogP contribution in [0.4, 0.5) is 5.82 Å². The monoisotopic (exact) mass is 449 g/mol. The Balaban J connectivity index is 1.48. The predicted molar refractivity (Wildman–Crippen MR) is 122 cm³/mol.